The van der Waals surface area contributed by atoms with Crippen molar-refractivity contribution in [2.75, 3.05) is 0 Å². The second-order valence-corrected chi connectivity index (χ2v) is 107. The minimum Gasteiger partial charge on any atom is -0.538 e. The summed E-state index contributed by atoms with van der Waals surface area (Å²) in [6.07, 6.45) is 0. The number of rotatable bonds is 21. The van der Waals surface area contributed by atoms with Crippen LogP contribution in [0.1, 0.15) is 0 Å². The van der Waals surface area contributed by atoms with E-state index in [2.05, 4.69) is 0 Å². The lowest BCUT2D eigenvalue weighted by atomic mass is 15.9. The molecular formula is HO23Si22. The van der Waals surface area contributed by atoms with Crippen LogP contribution in [0.15, 0.2) is 0 Å². The molecular weight excluding hydrogens is 986 g/mol. The lowest BCUT2D eigenvalue weighted by Gasteiger charge is -1.92. The average molecular weight is 987 g/mol. The van der Waals surface area contributed by atoms with Gasteiger partial charge in [-0.3, -0.25) is 0 Å². The van der Waals surface area contributed by atoms with E-state index in [4.69, 9.17) is 4.80 Å². The van der Waals surface area contributed by atoms with Gasteiger partial charge in [-0.2, -0.15) is 0 Å². The van der Waals surface area contributed by atoms with Crippen molar-refractivity contribution in [3.63, 3.8) is 0 Å². The average Bonchev–Trinajstić information content (AvgIpc) is 3.04. The largest absolute Gasteiger partial charge is 0.544 e. The third-order valence-electron chi connectivity index (χ3n) is 4.21. The van der Waals surface area contributed by atoms with Crippen LogP contribution in [0.5, 0.6) is 0 Å². The van der Waals surface area contributed by atoms with Crippen molar-refractivity contribution in [3.8, 4) is 0 Å². The van der Waals surface area contributed by atoms with Crippen molar-refractivity contribution in [3.05, 3.63) is 0 Å². The van der Waals surface area contributed by atoms with Crippen molar-refractivity contribution in [1.82, 2.24) is 0 Å². The maximum absolute atomic E-state index is 12.4. The fourth-order valence-electron chi connectivity index (χ4n) is 2.00. The lowest BCUT2D eigenvalue weighted by Crippen LogP contribution is -2.57. The van der Waals surface area contributed by atoms with E-state index in [-0.39, 0.29) is 0 Å². The Morgan fingerprint density at radius 1 is 0.244 bits per heavy atom. The molecule has 227 valence electrons. The fraction of sp³-hybridized carbons (Fsp3) is 0. The second-order valence-electron chi connectivity index (χ2n) is 6.99. The maximum atomic E-state index is 12.4. The van der Waals surface area contributed by atoms with E-state index in [1.54, 1.807) is 0 Å². The molecule has 1 N–H and O–H groups in total. The molecule has 0 amide bonds. The summed E-state index contributed by atoms with van der Waals surface area (Å²) in [7, 11) is -90.9. The first-order chi connectivity index (χ1) is 20.5. The molecule has 0 spiro atoms. The van der Waals surface area contributed by atoms with Crippen LogP contribution in [0.3, 0.4) is 0 Å². The highest BCUT2D eigenvalue weighted by Crippen LogP contribution is 1.88. The Hall–Kier alpha value is 0.171. The van der Waals surface area contributed by atoms with Gasteiger partial charge in [-0.15, -0.1) is 0 Å². The summed E-state index contributed by atoms with van der Waals surface area (Å²) < 4.78 is 263. The van der Waals surface area contributed by atoms with Gasteiger partial charge >= 0.3 is 172 Å². The first-order valence-corrected chi connectivity index (χ1v) is 61.4. The molecule has 45 heavy (non-hydrogen) atoms. The van der Waals surface area contributed by atoms with E-state index in [9.17, 15) is 98.2 Å². The van der Waals surface area contributed by atoms with Crippen molar-refractivity contribution < 1.29 is 103 Å². The van der Waals surface area contributed by atoms with Crippen LogP contribution in [0.25, 0.3) is 0 Å². The molecule has 0 unspecified atom stereocenters. The zero-order valence-corrected chi connectivity index (χ0v) is 42.4. The minimum absolute atomic E-state index is 1.72. The van der Waals surface area contributed by atoms with Crippen molar-refractivity contribution in [2.24, 2.45) is 0 Å². The van der Waals surface area contributed by atoms with Gasteiger partial charge in [0.2, 0.25) is 0 Å². The summed E-state index contributed by atoms with van der Waals surface area (Å²) in [5.74, 6) is 0. The van der Waals surface area contributed by atoms with E-state index in [1.165, 1.54) is 0 Å². The third-order valence-corrected chi connectivity index (χ3v) is 161. The Morgan fingerprint density at radius 2 is 0.378 bits per heavy atom. The van der Waals surface area contributed by atoms with Crippen LogP contribution < -0.4 is 0 Å². The molecule has 0 aliphatic heterocycles. The molecule has 1 radical (unpaired) electrons. The maximum Gasteiger partial charge on any atom is 0.544 e. The van der Waals surface area contributed by atoms with Crippen LogP contribution >= 0.6 is 0 Å². The quantitative estimate of drug-likeness (QED) is 0.104. The van der Waals surface area contributed by atoms with Gasteiger partial charge in [-0.05, 0) is 0 Å². The van der Waals surface area contributed by atoms with E-state index in [1.807, 2.05) is 0 Å². The van der Waals surface area contributed by atoms with Gasteiger partial charge in [0.1, 0.15) is 0 Å². The Morgan fingerprint density at radius 3 is 0.511 bits per heavy atom. The van der Waals surface area contributed by atoms with Gasteiger partial charge in [-0.1, -0.05) is 0 Å². The monoisotopic (exact) mass is 984 g/mol. The first-order valence-electron chi connectivity index (χ1n) is 9.96. The van der Waals surface area contributed by atoms with E-state index in [0.717, 1.165) is 0 Å². The van der Waals surface area contributed by atoms with Gasteiger partial charge in [-0.25, -0.2) is 0 Å². The van der Waals surface area contributed by atoms with Crippen LogP contribution in [-0.2, 0) is 98.2 Å². The molecule has 0 aliphatic rings. The van der Waals surface area contributed by atoms with Gasteiger partial charge in [0.25, 0.3) is 0 Å². The molecule has 0 aliphatic carbocycles. The van der Waals surface area contributed by atoms with Gasteiger partial charge in [0.05, 0.1) is 0 Å². The molecule has 0 atom stereocenters. The van der Waals surface area contributed by atoms with Crippen LogP contribution in [0.4, 0.5) is 0 Å². The predicted molar refractivity (Wildman–Crippen MR) is 144 cm³/mol. The smallest absolute Gasteiger partial charge is 0.538 e. The van der Waals surface area contributed by atoms with E-state index in [0.29, 0.717) is 0 Å². The standard InChI is InChI=1S/HO23Si22/c1-24-26(4)28(6)30(8)32(10)34(12)36(14)38(16)40(18)42(20)44(22)45(23)43(21)41(19)39(17)37(15)35(13)33(11)31(9)29(7)27(5)25(2)3/h2H. The Bertz CT molecular complexity index is 1770. The zero-order chi connectivity index (χ0) is 35.8. The SMILES string of the molecule is O=[Si][Si](=O)[Si](=O)[Si](=O)[Si](=O)[Si](=O)[Si](=O)[Si](=O)[Si](=O)[Si](=O)[Si](=O)[Si](=O)[Si](=O)[Si](=O)[Si](=O)[Si](=O)[Si](=O)[Si](=O)[Si](=O)[Si](=O)[Si](=O)[Si](=O)O. The summed E-state index contributed by atoms with van der Waals surface area (Å²) in [6.45, 7) is 0. The van der Waals surface area contributed by atoms with E-state index < -0.39 is 172 Å². The summed E-state index contributed by atoms with van der Waals surface area (Å²) in [4.78, 5) is 8.70. The summed E-state index contributed by atoms with van der Waals surface area (Å²) in [5.41, 5.74) is 0. The molecule has 45 heteroatoms. The van der Waals surface area contributed by atoms with E-state index >= 15 is 0 Å². The predicted octanol–water partition coefficient (Wildman–Crippen LogP) is -11.5. The minimum atomic E-state index is -4.49. The van der Waals surface area contributed by atoms with Crippen molar-refractivity contribution >= 4 is 172 Å². The molecule has 0 bridgehead atoms. The molecule has 0 saturated heterocycles. The topological polar surface area (TPSA) is 396 Å². The molecule has 23 nitrogen and oxygen atoms in total. The molecule has 0 aromatic heterocycles. The highest BCUT2D eigenvalue weighted by atomic mass is 30.1. The number of hydrogen-bond donors (Lipinski definition) is 1. The van der Waals surface area contributed by atoms with Crippen LogP contribution in [0.2, 0.25) is 0 Å². The highest BCUT2D eigenvalue weighted by Gasteiger charge is 2.56. The fourth-order valence-corrected chi connectivity index (χ4v) is 229. The summed E-state index contributed by atoms with van der Waals surface area (Å²) in [6, 6.07) is 0. The molecule has 0 fully saturated rings. The van der Waals surface area contributed by atoms with Crippen molar-refractivity contribution in [1.29, 1.82) is 0 Å². The first kappa shape index (κ1) is 45.2. The van der Waals surface area contributed by atoms with Gasteiger partial charge in [0, 0.05) is 0 Å². The Balaban J connectivity index is 5.75. The van der Waals surface area contributed by atoms with Gasteiger partial charge in [0.15, 0.2) is 0 Å². The lowest BCUT2D eigenvalue weighted by molar-refractivity contribution is 0.459. The Labute approximate surface area is 272 Å². The van der Waals surface area contributed by atoms with Crippen LogP contribution in [0, 0.1) is 0 Å². The Kier molecular flexibility index (Phi) is 20.1. The summed E-state index contributed by atoms with van der Waals surface area (Å²) in [5, 5.41) is 0. The summed E-state index contributed by atoms with van der Waals surface area (Å²) >= 11 is 0. The molecule has 0 saturated carbocycles. The normalized spacial score (nSPS) is 9.60. The molecule has 0 heterocycles. The zero-order valence-electron chi connectivity index (χ0n) is 20.4. The third kappa shape index (κ3) is 11.6. The second kappa shape index (κ2) is 20.0. The van der Waals surface area contributed by atoms with Crippen LogP contribution in [-0.4, -0.2) is 177 Å². The van der Waals surface area contributed by atoms with Crippen molar-refractivity contribution in [2.45, 2.75) is 0 Å². The van der Waals surface area contributed by atoms with Gasteiger partial charge < -0.3 is 103 Å². The molecule has 0 aromatic carbocycles. The number of hydrogen-bond acceptors (Lipinski definition) is 22. The highest BCUT2D eigenvalue weighted by molar-refractivity contribution is 7.83. The molecule has 0 rings (SSSR count). The molecule has 0 aromatic rings.